The molecule has 78 valence electrons. The van der Waals surface area contributed by atoms with Crippen LogP contribution in [0.25, 0.3) is 0 Å². The van der Waals surface area contributed by atoms with E-state index in [0.29, 0.717) is 18.8 Å². The van der Waals surface area contributed by atoms with Gasteiger partial charge < -0.3 is 11.1 Å². The third kappa shape index (κ3) is 3.30. The Hall–Kier alpha value is -1.16. The van der Waals surface area contributed by atoms with Crippen molar-refractivity contribution in [2.75, 3.05) is 18.4 Å². The van der Waals surface area contributed by atoms with E-state index in [1.165, 1.54) is 12.1 Å². The number of unbranched alkanes of at least 4 members (excludes halogenated alkanes) is 1. The van der Waals surface area contributed by atoms with Crippen molar-refractivity contribution in [3.05, 3.63) is 29.8 Å². The first-order valence-corrected chi connectivity index (χ1v) is 4.63. The Bertz CT molecular complexity index is 289. The maximum Gasteiger partial charge on any atom is 0.149 e. The molecule has 0 aromatic heterocycles. The number of halogens is 2. The molecule has 0 amide bonds. The summed E-state index contributed by atoms with van der Waals surface area (Å²) in [6.07, 6.45) is 1.78. The molecule has 1 rings (SSSR count). The molecule has 0 aliphatic carbocycles. The van der Waals surface area contributed by atoms with Crippen LogP contribution in [0.5, 0.6) is 0 Å². The van der Waals surface area contributed by atoms with E-state index in [2.05, 4.69) is 5.32 Å². The molecule has 0 atom stereocenters. The minimum Gasteiger partial charge on any atom is -0.383 e. The highest BCUT2D eigenvalue weighted by molar-refractivity contribution is 5.44. The fraction of sp³-hybridized carbons (Fsp3) is 0.400. The van der Waals surface area contributed by atoms with E-state index in [9.17, 15) is 8.78 Å². The molecule has 1 aromatic carbocycles. The number of hydrogen-bond donors (Lipinski definition) is 2. The molecule has 0 aliphatic heterocycles. The molecule has 0 radical (unpaired) electrons. The lowest BCUT2D eigenvalue weighted by Gasteiger charge is -2.06. The van der Waals surface area contributed by atoms with Gasteiger partial charge in [-0.25, -0.2) is 8.78 Å². The van der Waals surface area contributed by atoms with Gasteiger partial charge in [0, 0.05) is 12.6 Å². The van der Waals surface area contributed by atoms with Gasteiger partial charge in [0.15, 0.2) is 0 Å². The van der Waals surface area contributed by atoms with Crippen molar-refractivity contribution in [2.24, 2.45) is 5.73 Å². The van der Waals surface area contributed by atoms with Crippen LogP contribution in [0, 0.1) is 11.6 Å². The molecular formula is C10H14F2N2. The first-order valence-electron chi connectivity index (χ1n) is 4.63. The average molecular weight is 200 g/mol. The molecule has 1 aromatic rings. The second-order valence-electron chi connectivity index (χ2n) is 3.05. The Balaban J connectivity index is 2.42. The van der Waals surface area contributed by atoms with Crippen LogP contribution in [-0.4, -0.2) is 13.1 Å². The number of nitrogens with one attached hydrogen (secondary N) is 1. The quantitative estimate of drug-likeness (QED) is 0.714. The van der Waals surface area contributed by atoms with Crippen LogP contribution >= 0.6 is 0 Å². The van der Waals surface area contributed by atoms with E-state index in [4.69, 9.17) is 5.73 Å². The van der Waals surface area contributed by atoms with Crippen LogP contribution in [-0.2, 0) is 0 Å². The summed E-state index contributed by atoms with van der Waals surface area (Å²) in [7, 11) is 0. The van der Waals surface area contributed by atoms with Crippen LogP contribution in [0.2, 0.25) is 0 Å². The first-order chi connectivity index (χ1) is 6.74. The molecule has 2 nitrogen and oxygen atoms in total. The van der Waals surface area contributed by atoms with Crippen molar-refractivity contribution in [3.63, 3.8) is 0 Å². The van der Waals surface area contributed by atoms with E-state index < -0.39 is 11.6 Å². The molecule has 0 bridgehead atoms. The number of anilines is 1. The van der Waals surface area contributed by atoms with Gasteiger partial charge in [-0.3, -0.25) is 0 Å². The summed E-state index contributed by atoms with van der Waals surface area (Å²) < 4.78 is 25.5. The fourth-order valence-electron chi connectivity index (χ4n) is 1.13. The van der Waals surface area contributed by atoms with Crippen LogP contribution in [0.1, 0.15) is 12.8 Å². The molecule has 14 heavy (non-hydrogen) atoms. The minimum atomic E-state index is -0.560. The van der Waals surface area contributed by atoms with Gasteiger partial charge in [-0.05, 0) is 31.5 Å². The second kappa shape index (κ2) is 5.54. The lowest BCUT2D eigenvalue weighted by Crippen LogP contribution is -2.06. The highest BCUT2D eigenvalue weighted by Gasteiger charge is 2.01. The van der Waals surface area contributed by atoms with Crippen LogP contribution in [0.15, 0.2) is 18.2 Å². The van der Waals surface area contributed by atoms with Crippen LogP contribution in [0.3, 0.4) is 0 Å². The van der Waals surface area contributed by atoms with Gasteiger partial charge in [0.05, 0.1) is 5.69 Å². The third-order valence-electron chi connectivity index (χ3n) is 1.88. The van der Waals surface area contributed by atoms with Crippen molar-refractivity contribution in [1.29, 1.82) is 0 Å². The Morgan fingerprint density at radius 2 is 2.00 bits per heavy atom. The van der Waals surface area contributed by atoms with Crippen LogP contribution in [0.4, 0.5) is 14.5 Å². The van der Waals surface area contributed by atoms with E-state index in [1.54, 1.807) is 0 Å². The molecule has 0 heterocycles. The zero-order valence-electron chi connectivity index (χ0n) is 7.89. The first kappa shape index (κ1) is 10.9. The normalized spacial score (nSPS) is 10.2. The summed E-state index contributed by atoms with van der Waals surface area (Å²) in [5, 5.41) is 2.88. The van der Waals surface area contributed by atoms with Gasteiger partial charge in [0.2, 0.25) is 0 Å². The van der Waals surface area contributed by atoms with E-state index >= 15 is 0 Å². The molecule has 0 saturated heterocycles. The number of hydrogen-bond acceptors (Lipinski definition) is 2. The average Bonchev–Trinajstić information content (AvgIpc) is 2.15. The molecule has 0 saturated carbocycles. The smallest absolute Gasteiger partial charge is 0.149 e. The van der Waals surface area contributed by atoms with E-state index in [0.717, 1.165) is 18.9 Å². The molecule has 0 spiro atoms. The Labute approximate surface area is 82.1 Å². The van der Waals surface area contributed by atoms with Crippen molar-refractivity contribution in [2.45, 2.75) is 12.8 Å². The Morgan fingerprint density at radius 3 is 2.64 bits per heavy atom. The SMILES string of the molecule is NCCCCNc1ccc(F)cc1F. The van der Waals surface area contributed by atoms with Gasteiger partial charge in [0.25, 0.3) is 0 Å². The lowest BCUT2D eigenvalue weighted by atomic mass is 10.2. The Morgan fingerprint density at radius 1 is 1.21 bits per heavy atom. The predicted octanol–water partition coefficient (Wildman–Crippen LogP) is 2.12. The zero-order valence-corrected chi connectivity index (χ0v) is 7.89. The summed E-state index contributed by atoms with van der Waals surface area (Å²) in [4.78, 5) is 0. The Kier molecular flexibility index (Phi) is 4.32. The monoisotopic (exact) mass is 200 g/mol. The molecule has 0 aliphatic rings. The zero-order chi connectivity index (χ0) is 10.4. The van der Waals surface area contributed by atoms with Crippen molar-refractivity contribution < 1.29 is 8.78 Å². The minimum absolute atomic E-state index is 0.337. The summed E-state index contributed by atoms with van der Waals surface area (Å²) in [6, 6.07) is 3.49. The van der Waals surface area contributed by atoms with Gasteiger partial charge in [-0.2, -0.15) is 0 Å². The van der Waals surface area contributed by atoms with Crippen molar-refractivity contribution in [3.8, 4) is 0 Å². The number of rotatable bonds is 5. The van der Waals surface area contributed by atoms with Crippen molar-refractivity contribution in [1.82, 2.24) is 0 Å². The maximum atomic E-state index is 13.0. The summed E-state index contributed by atoms with van der Waals surface area (Å²) in [5.41, 5.74) is 5.64. The van der Waals surface area contributed by atoms with Gasteiger partial charge >= 0.3 is 0 Å². The molecule has 3 N–H and O–H groups in total. The molecular weight excluding hydrogens is 186 g/mol. The summed E-state index contributed by atoms with van der Waals surface area (Å²) >= 11 is 0. The largest absolute Gasteiger partial charge is 0.383 e. The molecule has 4 heteroatoms. The van der Waals surface area contributed by atoms with Crippen LogP contribution < -0.4 is 11.1 Å². The van der Waals surface area contributed by atoms with E-state index in [-0.39, 0.29) is 0 Å². The van der Waals surface area contributed by atoms with Gasteiger partial charge in [-0.15, -0.1) is 0 Å². The highest BCUT2D eigenvalue weighted by Crippen LogP contribution is 2.14. The maximum absolute atomic E-state index is 13.0. The van der Waals surface area contributed by atoms with Crippen molar-refractivity contribution >= 4 is 5.69 Å². The van der Waals surface area contributed by atoms with E-state index in [1.807, 2.05) is 0 Å². The highest BCUT2D eigenvalue weighted by atomic mass is 19.1. The molecule has 0 unspecified atom stereocenters. The number of benzene rings is 1. The lowest BCUT2D eigenvalue weighted by molar-refractivity contribution is 0.584. The summed E-state index contributed by atoms with van der Waals surface area (Å²) in [6.45, 7) is 1.29. The van der Waals surface area contributed by atoms with Gasteiger partial charge in [-0.1, -0.05) is 0 Å². The second-order valence-corrected chi connectivity index (χ2v) is 3.05. The predicted molar refractivity (Wildman–Crippen MR) is 53.1 cm³/mol. The summed E-state index contributed by atoms with van der Waals surface area (Å²) in [5.74, 6) is -1.12. The van der Waals surface area contributed by atoms with Gasteiger partial charge in [0.1, 0.15) is 11.6 Å². The third-order valence-corrected chi connectivity index (χ3v) is 1.88. The molecule has 0 fully saturated rings. The standard InChI is InChI=1S/C10H14F2N2/c11-8-3-4-10(9(12)7-8)14-6-2-1-5-13/h3-4,7,14H,1-2,5-6,13H2. The topological polar surface area (TPSA) is 38.0 Å². The number of nitrogens with two attached hydrogens (primary N) is 1. The fourth-order valence-corrected chi connectivity index (χ4v) is 1.13.